The molecule has 192 valence electrons. The van der Waals surface area contributed by atoms with E-state index in [9.17, 15) is 14.4 Å². The second-order valence-corrected chi connectivity index (χ2v) is 11.0. The van der Waals surface area contributed by atoms with E-state index < -0.39 is 23.8 Å². The summed E-state index contributed by atoms with van der Waals surface area (Å²) in [6.07, 6.45) is 0.222. The summed E-state index contributed by atoms with van der Waals surface area (Å²) in [4.78, 5) is 43.7. The summed E-state index contributed by atoms with van der Waals surface area (Å²) in [5.41, 5.74) is 5.81. The van der Waals surface area contributed by atoms with Crippen molar-refractivity contribution in [1.29, 1.82) is 0 Å². The van der Waals surface area contributed by atoms with Crippen molar-refractivity contribution in [3.05, 3.63) is 136 Å². The third kappa shape index (κ3) is 3.72. The molecule has 4 aliphatic rings. The highest BCUT2D eigenvalue weighted by molar-refractivity contribution is 6.31. The number of nitrogens with one attached hydrogen (secondary N) is 1. The minimum Gasteiger partial charge on any atom is -0.324 e. The minimum atomic E-state index is -0.998. The van der Waals surface area contributed by atoms with Gasteiger partial charge in [0, 0.05) is 29.0 Å². The number of hydrogen-bond acceptors (Lipinski definition) is 3. The van der Waals surface area contributed by atoms with Crippen LogP contribution in [0.15, 0.2) is 103 Å². The molecule has 1 N–H and O–H groups in total. The van der Waals surface area contributed by atoms with Gasteiger partial charge in [-0.25, -0.2) is 0 Å². The van der Waals surface area contributed by atoms with Crippen molar-refractivity contribution in [1.82, 2.24) is 4.90 Å². The van der Waals surface area contributed by atoms with Crippen LogP contribution in [0.2, 0.25) is 5.02 Å². The topological polar surface area (TPSA) is 66.5 Å². The average molecular weight is 533 g/mol. The van der Waals surface area contributed by atoms with Crippen LogP contribution in [0.25, 0.3) is 0 Å². The van der Waals surface area contributed by atoms with E-state index >= 15 is 0 Å². The van der Waals surface area contributed by atoms with Crippen molar-refractivity contribution in [3.8, 4) is 0 Å². The van der Waals surface area contributed by atoms with E-state index in [0.717, 1.165) is 27.8 Å². The van der Waals surface area contributed by atoms with Crippen LogP contribution in [0.5, 0.6) is 0 Å². The predicted molar refractivity (Wildman–Crippen MR) is 149 cm³/mol. The highest BCUT2D eigenvalue weighted by Gasteiger charge is 2.63. The second-order valence-electron chi connectivity index (χ2n) is 10.5. The molecule has 4 aromatic rings. The Kier molecular flexibility index (Phi) is 5.64. The van der Waals surface area contributed by atoms with Crippen molar-refractivity contribution in [2.75, 3.05) is 5.32 Å². The normalized spacial score (nSPS) is 23.2. The van der Waals surface area contributed by atoms with E-state index in [1.165, 1.54) is 4.90 Å². The number of carbonyl (C=O) groups is 3. The molecule has 3 atom stereocenters. The molecule has 0 aromatic heterocycles. The number of anilines is 1. The van der Waals surface area contributed by atoms with Gasteiger partial charge in [0.2, 0.25) is 17.7 Å². The van der Waals surface area contributed by atoms with Crippen LogP contribution in [0.3, 0.4) is 0 Å². The lowest BCUT2D eigenvalue weighted by molar-refractivity contribution is -0.146. The summed E-state index contributed by atoms with van der Waals surface area (Å²) in [6, 6.07) is 31.6. The van der Waals surface area contributed by atoms with Gasteiger partial charge in [0.15, 0.2) is 0 Å². The van der Waals surface area contributed by atoms with E-state index in [1.54, 1.807) is 24.3 Å². The highest BCUT2D eigenvalue weighted by atomic mass is 35.5. The maximum absolute atomic E-state index is 14.3. The van der Waals surface area contributed by atoms with Crippen LogP contribution in [0, 0.1) is 11.8 Å². The zero-order valence-corrected chi connectivity index (χ0v) is 21.7. The van der Waals surface area contributed by atoms with E-state index in [2.05, 4.69) is 29.6 Å². The van der Waals surface area contributed by atoms with Gasteiger partial charge >= 0.3 is 0 Å². The zero-order chi connectivity index (χ0) is 26.7. The van der Waals surface area contributed by atoms with Crippen molar-refractivity contribution >= 4 is 35.0 Å². The molecule has 8 rings (SSSR count). The van der Waals surface area contributed by atoms with Crippen molar-refractivity contribution < 1.29 is 14.4 Å². The van der Waals surface area contributed by atoms with Crippen LogP contribution < -0.4 is 5.32 Å². The summed E-state index contributed by atoms with van der Waals surface area (Å²) in [5.74, 6) is -2.47. The number of nitrogens with zero attached hydrogens (tertiary/aromatic N) is 1. The molecule has 4 aromatic carbocycles. The molecule has 3 aliphatic carbocycles. The van der Waals surface area contributed by atoms with Gasteiger partial charge < -0.3 is 5.32 Å². The Balaban J connectivity index is 1.31. The smallest absolute Gasteiger partial charge is 0.248 e. The van der Waals surface area contributed by atoms with E-state index in [1.807, 2.05) is 54.6 Å². The number of amides is 3. The molecule has 6 heteroatoms. The van der Waals surface area contributed by atoms with E-state index in [0.29, 0.717) is 10.7 Å². The zero-order valence-electron chi connectivity index (χ0n) is 21.0. The highest BCUT2D eigenvalue weighted by Crippen LogP contribution is 2.61. The Morgan fingerprint density at radius 3 is 1.74 bits per heavy atom. The second kappa shape index (κ2) is 9.21. The molecule has 3 amide bonds. The third-order valence-corrected chi connectivity index (χ3v) is 8.70. The summed E-state index contributed by atoms with van der Waals surface area (Å²) in [7, 11) is 0. The first-order chi connectivity index (χ1) is 19.0. The SMILES string of the molecule is O=C(Nc1cccc(Cl)c1)[C@H](Cc1ccccc1)N1C(=O)[C@@H]2C3c4ccccc4C(c4ccccc43)[C@H]2C1=O. The quantitative estimate of drug-likeness (QED) is 0.331. The van der Waals surface area contributed by atoms with Crippen LogP contribution >= 0.6 is 11.6 Å². The Hall–Kier alpha value is -4.22. The standard InChI is InChI=1S/C33H25ClN2O3/c34-20-11-8-12-21(18-20)35-31(37)26(17-19-9-2-1-3-10-19)36-32(38)29-27-22-13-4-5-14-23(22)28(30(29)33(36)39)25-16-7-6-15-24(25)27/h1-16,18,26-30H,17H2,(H,35,37)/t26-,27?,28?,29+,30+/m0/s1. The molecule has 1 fully saturated rings. The third-order valence-electron chi connectivity index (χ3n) is 8.46. The van der Waals surface area contributed by atoms with Crippen molar-refractivity contribution in [2.24, 2.45) is 11.8 Å². The lowest BCUT2D eigenvalue weighted by Crippen LogP contribution is -2.49. The van der Waals surface area contributed by atoms with Gasteiger partial charge in [0.1, 0.15) is 6.04 Å². The first-order valence-corrected chi connectivity index (χ1v) is 13.6. The summed E-state index contributed by atoms with van der Waals surface area (Å²) in [6.45, 7) is 0. The van der Waals surface area contributed by atoms with Crippen molar-refractivity contribution in [2.45, 2.75) is 24.3 Å². The molecule has 1 saturated heterocycles. The first-order valence-electron chi connectivity index (χ1n) is 13.2. The first kappa shape index (κ1) is 23.9. The van der Waals surface area contributed by atoms with Gasteiger partial charge in [-0.15, -0.1) is 0 Å². The number of carbonyl (C=O) groups excluding carboxylic acids is 3. The molecule has 0 spiro atoms. The molecule has 2 bridgehead atoms. The fourth-order valence-corrected chi connectivity index (χ4v) is 7.13. The average Bonchev–Trinajstić information content (AvgIpc) is 3.22. The molecule has 5 nitrogen and oxygen atoms in total. The predicted octanol–water partition coefficient (Wildman–Crippen LogP) is 5.78. The maximum atomic E-state index is 14.3. The van der Waals surface area contributed by atoms with Gasteiger partial charge in [-0.3, -0.25) is 19.3 Å². The van der Waals surface area contributed by atoms with Crippen LogP contribution in [0.4, 0.5) is 5.69 Å². The Labute approximate surface area is 231 Å². The number of rotatable bonds is 5. The van der Waals surface area contributed by atoms with E-state index in [4.69, 9.17) is 11.6 Å². The number of benzene rings is 4. The van der Waals surface area contributed by atoms with Gasteiger partial charge in [0.25, 0.3) is 0 Å². The van der Waals surface area contributed by atoms with Gasteiger partial charge in [-0.1, -0.05) is 96.5 Å². The van der Waals surface area contributed by atoms with Crippen LogP contribution in [0.1, 0.15) is 39.7 Å². The van der Waals surface area contributed by atoms with Gasteiger partial charge in [0.05, 0.1) is 11.8 Å². The monoisotopic (exact) mass is 532 g/mol. The maximum Gasteiger partial charge on any atom is 0.248 e. The minimum absolute atomic E-state index is 0.220. The molecular weight excluding hydrogens is 508 g/mol. The molecule has 0 unspecified atom stereocenters. The van der Waals surface area contributed by atoms with Gasteiger partial charge in [-0.05, 0) is 46.0 Å². The largest absolute Gasteiger partial charge is 0.324 e. The lowest BCUT2D eigenvalue weighted by atomic mass is 9.55. The molecule has 1 aliphatic heterocycles. The number of halogens is 1. The number of likely N-dealkylation sites (tertiary alicyclic amines) is 1. The van der Waals surface area contributed by atoms with Crippen molar-refractivity contribution in [3.63, 3.8) is 0 Å². The molecule has 0 radical (unpaired) electrons. The van der Waals surface area contributed by atoms with Crippen LogP contribution in [-0.2, 0) is 20.8 Å². The Bertz CT molecular complexity index is 1520. The Morgan fingerprint density at radius 2 is 1.23 bits per heavy atom. The van der Waals surface area contributed by atoms with Gasteiger partial charge in [-0.2, -0.15) is 0 Å². The van der Waals surface area contributed by atoms with Crippen LogP contribution in [-0.4, -0.2) is 28.7 Å². The summed E-state index contributed by atoms with van der Waals surface area (Å²) in [5, 5.41) is 3.39. The summed E-state index contributed by atoms with van der Waals surface area (Å²) < 4.78 is 0. The Morgan fingerprint density at radius 1 is 0.718 bits per heavy atom. The fourth-order valence-electron chi connectivity index (χ4n) is 6.94. The lowest BCUT2D eigenvalue weighted by Gasteiger charge is -2.45. The molecular formula is C33H25ClN2O3. The fraction of sp³-hybridized carbons (Fsp3) is 0.182. The summed E-state index contributed by atoms with van der Waals surface area (Å²) >= 11 is 6.15. The molecule has 39 heavy (non-hydrogen) atoms. The number of imide groups is 1. The number of hydrogen-bond donors (Lipinski definition) is 1. The van der Waals surface area contributed by atoms with E-state index in [-0.39, 0.29) is 30.1 Å². The molecule has 0 saturated carbocycles. The molecule has 1 heterocycles.